The van der Waals surface area contributed by atoms with Gasteiger partial charge in [-0.05, 0) is 24.7 Å². The van der Waals surface area contributed by atoms with Gasteiger partial charge in [-0.1, -0.05) is 17.2 Å². The van der Waals surface area contributed by atoms with Crippen LogP contribution >= 0.6 is 12.4 Å². The van der Waals surface area contributed by atoms with Crippen LogP contribution in [0.1, 0.15) is 17.0 Å². The van der Waals surface area contributed by atoms with Crippen molar-refractivity contribution in [3.8, 4) is 0 Å². The molecule has 0 bridgehead atoms. The Morgan fingerprint density at radius 1 is 1.18 bits per heavy atom. The molecular formula is C13H16ClF3N4O. The van der Waals surface area contributed by atoms with Crippen molar-refractivity contribution in [2.45, 2.75) is 19.3 Å². The smallest absolute Gasteiger partial charge is 0.407 e. The van der Waals surface area contributed by atoms with Gasteiger partial charge >= 0.3 is 12.2 Å². The molecule has 0 spiro atoms. The highest BCUT2D eigenvalue weighted by molar-refractivity contribution is 5.85. The number of hydrogen-bond acceptors (Lipinski definition) is 5. The number of nitrogens with zero attached hydrogens (tertiary/aromatic N) is 3. The van der Waals surface area contributed by atoms with Crippen molar-refractivity contribution in [3.05, 3.63) is 41.3 Å². The fourth-order valence-corrected chi connectivity index (χ4v) is 1.76. The van der Waals surface area contributed by atoms with Crippen molar-refractivity contribution >= 4 is 18.4 Å². The Hall–Kier alpha value is -1.80. The maximum Gasteiger partial charge on any atom is 0.416 e. The number of aromatic nitrogens is 2. The van der Waals surface area contributed by atoms with E-state index < -0.39 is 11.7 Å². The van der Waals surface area contributed by atoms with E-state index in [1.165, 1.54) is 12.1 Å². The van der Waals surface area contributed by atoms with Gasteiger partial charge in [-0.2, -0.15) is 13.2 Å². The van der Waals surface area contributed by atoms with Crippen molar-refractivity contribution in [1.82, 2.24) is 15.5 Å². The van der Waals surface area contributed by atoms with Crippen LogP contribution in [0.5, 0.6) is 0 Å². The molecule has 9 heteroatoms. The van der Waals surface area contributed by atoms with Crippen LogP contribution in [-0.2, 0) is 19.3 Å². The molecule has 0 amide bonds. The van der Waals surface area contributed by atoms with Gasteiger partial charge in [0, 0.05) is 13.6 Å². The topological polar surface area (TPSA) is 54.2 Å². The van der Waals surface area contributed by atoms with Crippen LogP contribution < -0.4 is 10.2 Å². The first-order chi connectivity index (χ1) is 9.90. The van der Waals surface area contributed by atoms with E-state index in [1.54, 1.807) is 19.0 Å². The minimum absolute atomic E-state index is 0. The highest BCUT2D eigenvalue weighted by Gasteiger charge is 2.29. The fraction of sp³-hybridized carbons (Fsp3) is 0.385. The maximum atomic E-state index is 12.5. The highest BCUT2D eigenvalue weighted by atomic mass is 35.5. The Balaban J connectivity index is 0.00000242. The summed E-state index contributed by atoms with van der Waals surface area (Å²) < 4.78 is 42.8. The second-order valence-electron chi connectivity index (χ2n) is 4.56. The third-order valence-corrected chi connectivity index (χ3v) is 2.81. The van der Waals surface area contributed by atoms with Gasteiger partial charge in [-0.3, -0.25) is 0 Å². The van der Waals surface area contributed by atoms with Crippen molar-refractivity contribution in [3.63, 3.8) is 0 Å². The van der Waals surface area contributed by atoms with E-state index in [-0.39, 0.29) is 12.4 Å². The van der Waals surface area contributed by atoms with Crippen LogP contribution in [0, 0.1) is 0 Å². The van der Waals surface area contributed by atoms with E-state index in [1.807, 2.05) is 0 Å². The van der Waals surface area contributed by atoms with Crippen molar-refractivity contribution in [2.75, 3.05) is 19.0 Å². The Morgan fingerprint density at radius 3 is 2.36 bits per heavy atom. The highest BCUT2D eigenvalue weighted by Crippen LogP contribution is 2.29. The summed E-state index contributed by atoms with van der Waals surface area (Å²) in [5, 5.41) is 10.6. The first kappa shape index (κ1) is 18.2. The van der Waals surface area contributed by atoms with Crippen LogP contribution in [0.15, 0.2) is 28.7 Å². The van der Waals surface area contributed by atoms with Crippen LogP contribution in [0.25, 0.3) is 0 Å². The Morgan fingerprint density at radius 2 is 1.82 bits per heavy atom. The quantitative estimate of drug-likeness (QED) is 0.910. The summed E-state index contributed by atoms with van der Waals surface area (Å²) in [5.41, 5.74) is 0.0573. The standard InChI is InChI=1S/C13H15F3N4O.ClH/c1-17-7-11-18-19-12(21-11)20(2)8-9-3-5-10(6-4-9)13(14,15)16;/h3-6,17H,7-8H2,1-2H3;1H. The lowest BCUT2D eigenvalue weighted by Gasteiger charge is -2.14. The van der Waals surface area contributed by atoms with Crippen molar-refractivity contribution < 1.29 is 17.6 Å². The molecule has 0 radical (unpaired) electrons. The molecule has 0 saturated heterocycles. The molecule has 0 atom stereocenters. The number of alkyl halides is 3. The van der Waals surface area contributed by atoms with Crippen molar-refractivity contribution in [2.24, 2.45) is 0 Å². The molecule has 122 valence electrons. The molecule has 1 N–H and O–H groups in total. The lowest BCUT2D eigenvalue weighted by Crippen LogP contribution is -2.17. The number of anilines is 1. The molecule has 0 aliphatic carbocycles. The summed E-state index contributed by atoms with van der Waals surface area (Å²) in [5.74, 6) is 0.451. The minimum Gasteiger partial charge on any atom is -0.407 e. The van der Waals surface area contributed by atoms with Gasteiger partial charge in [-0.25, -0.2) is 0 Å². The summed E-state index contributed by atoms with van der Waals surface area (Å²) in [6, 6.07) is 5.31. The molecule has 2 aromatic rings. The minimum atomic E-state index is -4.32. The van der Waals surface area contributed by atoms with Gasteiger partial charge in [0.15, 0.2) is 0 Å². The maximum absolute atomic E-state index is 12.5. The van der Waals surface area contributed by atoms with Gasteiger partial charge in [0.25, 0.3) is 0 Å². The lowest BCUT2D eigenvalue weighted by molar-refractivity contribution is -0.137. The van der Waals surface area contributed by atoms with E-state index in [0.29, 0.717) is 25.0 Å². The zero-order valence-corrected chi connectivity index (χ0v) is 12.8. The van der Waals surface area contributed by atoms with Crippen LogP contribution in [-0.4, -0.2) is 24.3 Å². The molecular weight excluding hydrogens is 321 g/mol. The summed E-state index contributed by atoms with van der Waals surface area (Å²) in [6.45, 7) is 0.834. The summed E-state index contributed by atoms with van der Waals surface area (Å²) in [6.07, 6.45) is -4.32. The molecule has 1 aromatic carbocycles. The molecule has 22 heavy (non-hydrogen) atoms. The zero-order chi connectivity index (χ0) is 15.5. The van der Waals surface area contributed by atoms with E-state index in [2.05, 4.69) is 15.5 Å². The predicted molar refractivity (Wildman–Crippen MR) is 77.9 cm³/mol. The van der Waals surface area contributed by atoms with Crippen LogP contribution in [0.2, 0.25) is 0 Å². The first-order valence-corrected chi connectivity index (χ1v) is 6.24. The number of benzene rings is 1. The molecule has 1 heterocycles. The van der Waals surface area contributed by atoms with Gasteiger partial charge in [0.05, 0.1) is 12.1 Å². The summed E-state index contributed by atoms with van der Waals surface area (Å²) in [7, 11) is 3.49. The molecule has 1 aromatic heterocycles. The lowest BCUT2D eigenvalue weighted by atomic mass is 10.1. The molecule has 0 aliphatic rings. The SMILES string of the molecule is CNCc1nnc(N(C)Cc2ccc(C(F)(F)F)cc2)o1.Cl. The average Bonchev–Trinajstić information content (AvgIpc) is 2.87. The summed E-state index contributed by atoms with van der Waals surface area (Å²) >= 11 is 0. The van der Waals surface area contributed by atoms with Gasteiger partial charge in [0.2, 0.25) is 5.89 Å². The molecule has 0 saturated carbocycles. The average molecular weight is 337 g/mol. The van der Waals surface area contributed by atoms with Gasteiger partial charge < -0.3 is 14.6 Å². The van der Waals surface area contributed by atoms with E-state index in [4.69, 9.17) is 4.42 Å². The normalized spacial score (nSPS) is 11.1. The van der Waals surface area contributed by atoms with E-state index in [0.717, 1.165) is 17.7 Å². The van der Waals surface area contributed by atoms with E-state index >= 15 is 0 Å². The molecule has 2 rings (SSSR count). The number of hydrogen-bond donors (Lipinski definition) is 1. The molecule has 5 nitrogen and oxygen atoms in total. The van der Waals surface area contributed by atoms with Gasteiger partial charge in [-0.15, -0.1) is 17.5 Å². The Labute approximate surface area is 131 Å². The second kappa shape index (κ2) is 7.46. The summed E-state index contributed by atoms with van der Waals surface area (Å²) in [4.78, 5) is 1.68. The molecule has 0 aliphatic heterocycles. The molecule has 0 fully saturated rings. The number of rotatable bonds is 5. The van der Waals surface area contributed by atoms with E-state index in [9.17, 15) is 13.2 Å². The Kier molecular flexibility index (Phi) is 6.19. The van der Waals surface area contributed by atoms with Crippen LogP contribution in [0.4, 0.5) is 19.2 Å². The third-order valence-electron chi connectivity index (χ3n) is 2.81. The monoisotopic (exact) mass is 336 g/mol. The zero-order valence-electron chi connectivity index (χ0n) is 12.0. The largest absolute Gasteiger partial charge is 0.416 e. The fourth-order valence-electron chi connectivity index (χ4n) is 1.76. The first-order valence-electron chi connectivity index (χ1n) is 6.24. The van der Waals surface area contributed by atoms with Crippen molar-refractivity contribution in [1.29, 1.82) is 0 Å². The number of halogens is 4. The second-order valence-corrected chi connectivity index (χ2v) is 4.56. The predicted octanol–water partition coefficient (Wildman–Crippen LogP) is 2.87. The van der Waals surface area contributed by atoms with Gasteiger partial charge in [0.1, 0.15) is 0 Å². The van der Waals surface area contributed by atoms with Crippen LogP contribution in [0.3, 0.4) is 0 Å². The number of nitrogens with one attached hydrogen (secondary N) is 1. The third kappa shape index (κ3) is 4.60. The molecule has 0 unspecified atom stereocenters. The Bertz CT molecular complexity index is 586.